The smallest absolute Gasteiger partial charge is 0.259 e. The average Bonchev–Trinajstić information content (AvgIpc) is 3.72. The normalized spacial score (nSPS) is 12.1. The van der Waals surface area contributed by atoms with Crippen LogP contribution in [0.25, 0.3) is 0 Å². The van der Waals surface area contributed by atoms with Gasteiger partial charge in [0, 0.05) is 47.5 Å². The molecule has 0 bridgehead atoms. The zero-order chi connectivity index (χ0) is 34.7. The molecule has 0 aromatic carbocycles. The van der Waals surface area contributed by atoms with Crippen molar-refractivity contribution in [3.63, 3.8) is 0 Å². The van der Waals surface area contributed by atoms with Crippen LogP contribution in [0.5, 0.6) is 0 Å². The molecule has 0 atom stereocenters. The lowest BCUT2D eigenvalue weighted by molar-refractivity contribution is -0.463. The van der Waals surface area contributed by atoms with E-state index in [9.17, 15) is 20.2 Å². The molecule has 0 saturated carbocycles. The molecule has 2 rings (SSSR count). The molecule has 48 heavy (non-hydrogen) atoms. The molecule has 2 aromatic heterocycles. The first kappa shape index (κ1) is 41.1. The van der Waals surface area contributed by atoms with Crippen LogP contribution < -0.4 is 10.6 Å². The number of furan rings is 2. The number of thioether (sulfide) groups is 2. The van der Waals surface area contributed by atoms with E-state index in [-0.39, 0.29) is 22.9 Å². The van der Waals surface area contributed by atoms with E-state index in [0.29, 0.717) is 37.9 Å². The fraction of sp³-hybridized carbons (Fsp3) is 0.697. The molecule has 0 spiro atoms. The minimum absolute atomic E-state index is 0.266. The van der Waals surface area contributed by atoms with Gasteiger partial charge in [0.05, 0.1) is 24.3 Å². The topological polar surface area (TPSA) is 165 Å². The second-order valence-electron chi connectivity index (χ2n) is 11.8. The Labute approximate surface area is 293 Å². The number of rotatable bonds is 29. The van der Waals surface area contributed by atoms with Crippen LogP contribution in [-0.4, -0.2) is 91.3 Å². The number of hydrogen-bond donors (Lipinski definition) is 2. The van der Waals surface area contributed by atoms with Crippen LogP contribution in [0.3, 0.4) is 0 Å². The number of hydrogen-bond acceptors (Lipinski definition) is 11. The molecule has 2 aromatic rings. The molecular weight excluding hydrogens is 655 g/mol. The molecule has 0 aliphatic rings. The third-order valence-corrected chi connectivity index (χ3v) is 9.10. The summed E-state index contributed by atoms with van der Waals surface area (Å²) in [7, 11) is 4.01. The van der Waals surface area contributed by atoms with Gasteiger partial charge in [-0.1, -0.05) is 51.4 Å². The van der Waals surface area contributed by atoms with Gasteiger partial charge >= 0.3 is 0 Å². The highest BCUT2D eigenvalue weighted by Crippen LogP contribution is 2.16. The van der Waals surface area contributed by atoms with Gasteiger partial charge in [-0.25, -0.2) is 0 Å². The van der Waals surface area contributed by atoms with Crippen LogP contribution in [0.15, 0.2) is 49.3 Å². The molecule has 0 saturated heterocycles. The molecule has 0 aliphatic carbocycles. The third kappa shape index (κ3) is 22.5. The van der Waals surface area contributed by atoms with E-state index >= 15 is 0 Å². The van der Waals surface area contributed by atoms with Gasteiger partial charge in [-0.2, -0.15) is 23.5 Å². The summed E-state index contributed by atoms with van der Waals surface area (Å²) in [5.41, 5.74) is 0. The lowest BCUT2D eigenvalue weighted by Gasteiger charge is -2.07. The van der Waals surface area contributed by atoms with Gasteiger partial charge in [0.25, 0.3) is 13.1 Å². The molecule has 13 nitrogen and oxygen atoms in total. The lowest BCUT2D eigenvalue weighted by atomic mass is 10.1. The predicted molar refractivity (Wildman–Crippen MR) is 198 cm³/mol. The van der Waals surface area contributed by atoms with Crippen molar-refractivity contribution in [2.75, 3.05) is 64.9 Å². The van der Waals surface area contributed by atoms with Gasteiger partial charge < -0.3 is 24.4 Å². The van der Waals surface area contributed by atoms with Crippen molar-refractivity contribution in [2.45, 2.75) is 82.3 Å². The minimum Gasteiger partial charge on any atom is -0.468 e. The van der Waals surface area contributed by atoms with Crippen molar-refractivity contribution in [2.24, 2.45) is 9.98 Å². The Morgan fingerprint density at radius 3 is 1.67 bits per heavy atom. The Morgan fingerprint density at radius 2 is 1.21 bits per heavy atom. The number of nitrogens with one attached hydrogen (secondary N) is 2. The van der Waals surface area contributed by atoms with E-state index < -0.39 is 0 Å². The molecule has 0 aliphatic heterocycles. The number of amidine groups is 2. The van der Waals surface area contributed by atoms with Gasteiger partial charge in [0.15, 0.2) is 11.7 Å². The zero-order valence-electron chi connectivity index (χ0n) is 28.7. The molecule has 270 valence electrons. The second kappa shape index (κ2) is 26.9. The highest BCUT2D eigenvalue weighted by atomic mass is 32.2. The summed E-state index contributed by atoms with van der Waals surface area (Å²) in [6.07, 6.45) is 12.8. The minimum atomic E-state index is -0.339. The van der Waals surface area contributed by atoms with Gasteiger partial charge in [0.1, 0.15) is 17.3 Å². The molecule has 0 radical (unpaired) electrons. The molecule has 0 fully saturated rings. The summed E-state index contributed by atoms with van der Waals surface area (Å²) in [5, 5.41) is 28.3. The average molecular weight is 710 g/mol. The van der Waals surface area contributed by atoms with Gasteiger partial charge in [-0.05, 0) is 51.2 Å². The third-order valence-electron chi connectivity index (χ3n) is 7.14. The predicted octanol–water partition coefficient (Wildman–Crippen LogP) is 6.53. The Hall–Kier alpha value is -3.04. The van der Waals surface area contributed by atoms with Crippen LogP contribution in [0.1, 0.15) is 81.5 Å². The molecule has 0 unspecified atom stereocenters. The van der Waals surface area contributed by atoms with E-state index in [0.717, 1.165) is 85.4 Å². The molecule has 0 amide bonds. The lowest BCUT2D eigenvalue weighted by Crippen LogP contribution is -2.32. The standard InChI is InChI=1S/C33H55N7O6S2/c1-38(2)24-29-15-16-31(46-29)28-48-23-20-37-33(26-40(43)44)35-18-12-10-8-6-4-3-5-7-9-11-17-34-32(25-39(41)42)36-19-22-47-27-30-14-13-21-45-30/h13-16,21H,3-12,17-20,22-28H2,1-2H3,(H,34,36)(H,35,37). The summed E-state index contributed by atoms with van der Waals surface area (Å²) in [4.78, 5) is 32.4. The van der Waals surface area contributed by atoms with E-state index in [4.69, 9.17) is 8.83 Å². The maximum atomic E-state index is 11.1. The van der Waals surface area contributed by atoms with Crippen LogP contribution in [0, 0.1) is 20.2 Å². The fourth-order valence-electron chi connectivity index (χ4n) is 4.81. The number of aliphatic imine (C=N–C) groups is 2. The van der Waals surface area contributed by atoms with Crippen molar-refractivity contribution < 1.29 is 18.7 Å². The Balaban J connectivity index is 1.45. The zero-order valence-corrected chi connectivity index (χ0v) is 30.4. The number of nitrogens with zero attached hydrogens (tertiary/aromatic N) is 5. The van der Waals surface area contributed by atoms with E-state index in [2.05, 4.69) is 25.5 Å². The fourth-order valence-corrected chi connectivity index (χ4v) is 6.31. The first-order chi connectivity index (χ1) is 23.3. The van der Waals surface area contributed by atoms with Gasteiger partial charge in [-0.3, -0.25) is 30.2 Å². The van der Waals surface area contributed by atoms with Crippen molar-refractivity contribution in [3.8, 4) is 0 Å². The molecule has 2 N–H and O–H groups in total. The first-order valence-electron chi connectivity index (χ1n) is 17.0. The van der Waals surface area contributed by atoms with E-state index in [1.807, 2.05) is 38.4 Å². The van der Waals surface area contributed by atoms with E-state index in [1.54, 1.807) is 29.8 Å². The maximum Gasteiger partial charge on any atom is 0.259 e. The Kier molecular flexibility index (Phi) is 23.0. The summed E-state index contributed by atoms with van der Waals surface area (Å²) >= 11 is 3.44. The van der Waals surface area contributed by atoms with Crippen molar-refractivity contribution in [1.82, 2.24) is 15.5 Å². The largest absolute Gasteiger partial charge is 0.468 e. The summed E-state index contributed by atoms with van der Waals surface area (Å²) in [6.45, 7) is 2.72. The van der Waals surface area contributed by atoms with E-state index in [1.165, 1.54) is 25.7 Å². The second-order valence-corrected chi connectivity index (χ2v) is 14.0. The summed E-state index contributed by atoms with van der Waals surface area (Å²) in [5.74, 6) is 6.92. The highest BCUT2D eigenvalue weighted by molar-refractivity contribution is 7.98. The quantitative estimate of drug-likeness (QED) is 0.0310. The molecule has 2 heterocycles. The Bertz CT molecular complexity index is 1190. The van der Waals surface area contributed by atoms with Crippen LogP contribution in [-0.2, 0) is 18.1 Å². The maximum absolute atomic E-state index is 11.1. The monoisotopic (exact) mass is 709 g/mol. The van der Waals surface area contributed by atoms with Crippen LogP contribution >= 0.6 is 23.5 Å². The van der Waals surface area contributed by atoms with Crippen molar-refractivity contribution >= 4 is 35.2 Å². The molecular formula is C33H55N7O6S2. The highest BCUT2D eigenvalue weighted by Gasteiger charge is 2.09. The summed E-state index contributed by atoms with van der Waals surface area (Å²) in [6, 6.07) is 7.81. The van der Waals surface area contributed by atoms with Gasteiger partial charge in [-0.15, -0.1) is 0 Å². The molecule has 15 heteroatoms. The summed E-state index contributed by atoms with van der Waals surface area (Å²) < 4.78 is 11.1. The van der Waals surface area contributed by atoms with Crippen molar-refractivity contribution in [3.05, 3.63) is 68.0 Å². The number of unbranched alkanes of at least 4 members (excludes halogenated alkanes) is 9. The Morgan fingerprint density at radius 1 is 0.729 bits per heavy atom. The van der Waals surface area contributed by atoms with Gasteiger partial charge in [0.2, 0.25) is 0 Å². The number of nitro groups is 2. The SMILES string of the molecule is CN(C)Cc1ccc(CSCCNC(C[N+](=O)[O-])=NCCCCCCCCCCCCN=C(C[N+](=O)[O-])NCCSCc2ccco2)o1. The first-order valence-corrected chi connectivity index (χ1v) is 19.3. The van der Waals surface area contributed by atoms with Crippen molar-refractivity contribution in [1.29, 1.82) is 0 Å². The van der Waals surface area contributed by atoms with Crippen LogP contribution in [0.4, 0.5) is 0 Å². The van der Waals surface area contributed by atoms with Crippen LogP contribution in [0.2, 0.25) is 0 Å².